The average molecular weight is 257 g/mol. The molecule has 1 fully saturated rings. The molecule has 0 radical (unpaired) electrons. The molecular weight excluding hydrogens is 236 g/mol. The molecule has 0 aromatic carbocycles. The van der Waals surface area contributed by atoms with Gasteiger partial charge in [-0.05, 0) is 38.5 Å². The van der Waals surface area contributed by atoms with Gasteiger partial charge < -0.3 is 4.74 Å². The summed E-state index contributed by atoms with van der Waals surface area (Å²) in [5.41, 5.74) is 2.01. The van der Waals surface area contributed by atoms with E-state index in [0.717, 1.165) is 17.2 Å². The summed E-state index contributed by atoms with van der Waals surface area (Å²) in [7, 11) is 1.86. The standard InChI is InChI=1S/C13H21ClN2O/c1-9-4-6-11(7-5-9)17-8-12-10(2)15-16(3)13(12)14/h9,11H,4-8H2,1-3H3. The van der Waals surface area contributed by atoms with Crippen molar-refractivity contribution in [1.82, 2.24) is 9.78 Å². The summed E-state index contributed by atoms with van der Waals surface area (Å²) in [4.78, 5) is 0. The second-order valence-electron chi connectivity index (χ2n) is 5.17. The zero-order valence-corrected chi connectivity index (χ0v) is 11.6. The van der Waals surface area contributed by atoms with E-state index >= 15 is 0 Å². The fourth-order valence-electron chi connectivity index (χ4n) is 2.44. The molecule has 1 heterocycles. The molecular formula is C13H21ClN2O. The molecule has 0 amide bonds. The molecule has 3 nitrogen and oxygen atoms in total. The van der Waals surface area contributed by atoms with Gasteiger partial charge in [0.05, 0.1) is 18.4 Å². The third-order valence-corrected chi connectivity index (χ3v) is 4.17. The molecule has 0 N–H and O–H groups in total. The molecule has 0 spiro atoms. The van der Waals surface area contributed by atoms with Crippen molar-refractivity contribution in [2.24, 2.45) is 13.0 Å². The summed E-state index contributed by atoms with van der Waals surface area (Å²) in [6.07, 6.45) is 5.33. The molecule has 2 rings (SSSR count). The van der Waals surface area contributed by atoms with Crippen molar-refractivity contribution in [2.45, 2.75) is 52.2 Å². The van der Waals surface area contributed by atoms with Crippen LogP contribution in [-0.2, 0) is 18.4 Å². The van der Waals surface area contributed by atoms with Gasteiger partial charge in [0.15, 0.2) is 0 Å². The molecule has 0 saturated heterocycles. The van der Waals surface area contributed by atoms with Crippen LogP contribution in [0.25, 0.3) is 0 Å². The normalized spacial score (nSPS) is 25.2. The van der Waals surface area contributed by atoms with Crippen molar-refractivity contribution in [2.75, 3.05) is 0 Å². The molecule has 1 aliphatic rings. The van der Waals surface area contributed by atoms with Crippen LogP contribution in [0.5, 0.6) is 0 Å². The van der Waals surface area contributed by atoms with Gasteiger partial charge in [-0.15, -0.1) is 0 Å². The lowest BCUT2D eigenvalue weighted by Crippen LogP contribution is -2.20. The van der Waals surface area contributed by atoms with Crippen LogP contribution >= 0.6 is 11.6 Å². The van der Waals surface area contributed by atoms with Crippen LogP contribution in [-0.4, -0.2) is 15.9 Å². The second-order valence-corrected chi connectivity index (χ2v) is 5.53. The Kier molecular flexibility index (Phi) is 4.10. The van der Waals surface area contributed by atoms with E-state index in [-0.39, 0.29) is 0 Å². The Hall–Kier alpha value is -0.540. The monoisotopic (exact) mass is 256 g/mol. The summed E-state index contributed by atoms with van der Waals surface area (Å²) in [5, 5.41) is 4.99. The zero-order valence-electron chi connectivity index (χ0n) is 10.9. The van der Waals surface area contributed by atoms with E-state index < -0.39 is 0 Å². The largest absolute Gasteiger partial charge is 0.373 e. The first-order valence-electron chi connectivity index (χ1n) is 6.37. The van der Waals surface area contributed by atoms with E-state index in [9.17, 15) is 0 Å². The first-order valence-corrected chi connectivity index (χ1v) is 6.75. The number of rotatable bonds is 3. The summed E-state index contributed by atoms with van der Waals surface area (Å²) in [5.74, 6) is 0.860. The number of hydrogen-bond acceptors (Lipinski definition) is 2. The van der Waals surface area contributed by atoms with Crippen LogP contribution in [0.4, 0.5) is 0 Å². The highest BCUT2D eigenvalue weighted by Crippen LogP contribution is 2.27. The SMILES string of the molecule is Cc1nn(C)c(Cl)c1COC1CCC(C)CC1. The number of nitrogens with zero attached hydrogens (tertiary/aromatic N) is 2. The Bertz CT molecular complexity index is 381. The van der Waals surface area contributed by atoms with Crippen LogP contribution in [0.15, 0.2) is 0 Å². The van der Waals surface area contributed by atoms with Crippen molar-refractivity contribution >= 4 is 11.6 Å². The first kappa shape index (κ1) is 12.9. The molecule has 1 aromatic heterocycles. The fraction of sp³-hybridized carbons (Fsp3) is 0.769. The highest BCUT2D eigenvalue weighted by molar-refractivity contribution is 6.30. The highest BCUT2D eigenvalue weighted by Gasteiger charge is 2.20. The number of aryl methyl sites for hydroxylation is 2. The van der Waals surface area contributed by atoms with Crippen molar-refractivity contribution in [3.63, 3.8) is 0 Å². The van der Waals surface area contributed by atoms with Crippen molar-refractivity contribution in [3.05, 3.63) is 16.4 Å². The molecule has 17 heavy (non-hydrogen) atoms. The fourth-order valence-corrected chi connectivity index (χ4v) is 2.66. The van der Waals surface area contributed by atoms with Gasteiger partial charge >= 0.3 is 0 Å². The van der Waals surface area contributed by atoms with Gasteiger partial charge in [0, 0.05) is 12.6 Å². The summed E-state index contributed by atoms with van der Waals surface area (Å²) in [6, 6.07) is 0. The Morgan fingerprint density at radius 3 is 2.53 bits per heavy atom. The van der Waals surface area contributed by atoms with Crippen LogP contribution < -0.4 is 0 Å². The minimum Gasteiger partial charge on any atom is -0.373 e. The molecule has 4 heteroatoms. The lowest BCUT2D eigenvalue weighted by atomic mass is 9.89. The van der Waals surface area contributed by atoms with E-state index in [2.05, 4.69) is 12.0 Å². The number of halogens is 1. The Balaban J connectivity index is 1.89. The van der Waals surface area contributed by atoms with E-state index in [1.807, 2.05) is 14.0 Å². The van der Waals surface area contributed by atoms with E-state index in [1.165, 1.54) is 25.7 Å². The molecule has 1 aliphatic carbocycles. The average Bonchev–Trinajstić information content (AvgIpc) is 2.54. The summed E-state index contributed by atoms with van der Waals surface area (Å²) in [6.45, 7) is 4.89. The molecule has 0 atom stereocenters. The van der Waals surface area contributed by atoms with Crippen molar-refractivity contribution in [3.8, 4) is 0 Å². The van der Waals surface area contributed by atoms with Gasteiger partial charge in [0.2, 0.25) is 0 Å². The highest BCUT2D eigenvalue weighted by atomic mass is 35.5. The maximum atomic E-state index is 6.18. The number of hydrogen-bond donors (Lipinski definition) is 0. The molecule has 0 aliphatic heterocycles. The molecule has 1 aromatic rings. The number of aromatic nitrogens is 2. The minimum atomic E-state index is 0.405. The van der Waals surface area contributed by atoms with Crippen LogP contribution in [0.1, 0.15) is 43.9 Å². The molecule has 0 bridgehead atoms. The Morgan fingerprint density at radius 1 is 1.35 bits per heavy atom. The van der Waals surface area contributed by atoms with Gasteiger partial charge in [-0.1, -0.05) is 18.5 Å². The maximum Gasteiger partial charge on any atom is 0.132 e. The van der Waals surface area contributed by atoms with Gasteiger partial charge in [0.1, 0.15) is 5.15 Å². The van der Waals surface area contributed by atoms with Crippen molar-refractivity contribution < 1.29 is 4.74 Å². The lowest BCUT2D eigenvalue weighted by Gasteiger charge is -2.26. The van der Waals surface area contributed by atoms with E-state index in [4.69, 9.17) is 16.3 Å². The van der Waals surface area contributed by atoms with Gasteiger partial charge in [-0.2, -0.15) is 5.10 Å². The summed E-state index contributed by atoms with van der Waals surface area (Å²) >= 11 is 6.18. The van der Waals surface area contributed by atoms with Crippen molar-refractivity contribution in [1.29, 1.82) is 0 Å². The summed E-state index contributed by atoms with van der Waals surface area (Å²) < 4.78 is 7.66. The zero-order chi connectivity index (χ0) is 12.4. The topological polar surface area (TPSA) is 27.1 Å². The predicted octanol–water partition coefficient (Wildman–Crippen LogP) is 3.48. The maximum absolute atomic E-state index is 6.18. The van der Waals surface area contributed by atoms with Crippen LogP contribution in [0, 0.1) is 12.8 Å². The Morgan fingerprint density at radius 2 is 2.00 bits per heavy atom. The molecule has 96 valence electrons. The first-order chi connectivity index (χ1) is 8.08. The van der Waals surface area contributed by atoms with Gasteiger partial charge in [0.25, 0.3) is 0 Å². The number of ether oxygens (including phenoxy) is 1. The van der Waals surface area contributed by atoms with Gasteiger partial charge in [-0.25, -0.2) is 0 Å². The minimum absolute atomic E-state index is 0.405. The lowest BCUT2D eigenvalue weighted by molar-refractivity contribution is 0.00858. The quantitative estimate of drug-likeness (QED) is 0.828. The Labute approximate surface area is 108 Å². The van der Waals surface area contributed by atoms with Gasteiger partial charge in [-0.3, -0.25) is 4.68 Å². The second kappa shape index (κ2) is 5.40. The van der Waals surface area contributed by atoms with E-state index in [1.54, 1.807) is 4.68 Å². The van der Waals surface area contributed by atoms with Crippen LogP contribution in [0.3, 0.4) is 0 Å². The molecule has 0 unspecified atom stereocenters. The molecule has 1 saturated carbocycles. The smallest absolute Gasteiger partial charge is 0.132 e. The third-order valence-electron chi connectivity index (χ3n) is 3.70. The van der Waals surface area contributed by atoms with E-state index in [0.29, 0.717) is 17.9 Å². The third kappa shape index (κ3) is 3.02. The van der Waals surface area contributed by atoms with Crippen LogP contribution in [0.2, 0.25) is 5.15 Å². The predicted molar refractivity (Wildman–Crippen MR) is 69.2 cm³/mol.